The predicted octanol–water partition coefficient (Wildman–Crippen LogP) is 2.75. The van der Waals surface area contributed by atoms with Crippen LogP contribution in [0.3, 0.4) is 0 Å². The lowest BCUT2D eigenvalue weighted by atomic mass is 10.0. The second-order valence-corrected chi connectivity index (χ2v) is 5.91. The summed E-state index contributed by atoms with van der Waals surface area (Å²) in [6.07, 6.45) is 5.59. The lowest BCUT2D eigenvalue weighted by molar-refractivity contribution is -0.137. The molecule has 94 valence electrons. The first-order chi connectivity index (χ1) is 7.39. The second-order valence-electron chi connectivity index (χ2n) is 5.91. The van der Waals surface area contributed by atoms with Crippen molar-refractivity contribution in [1.82, 2.24) is 4.90 Å². The summed E-state index contributed by atoms with van der Waals surface area (Å²) in [6, 6.07) is 0. The number of nitrogens with zero attached hydrogens (tertiary/aromatic N) is 1. The maximum Gasteiger partial charge on any atom is 0.304 e. The van der Waals surface area contributed by atoms with Gasteiger partial charge in [0.15, 0.2) is 0 Å². The fourth-order valence-electron chi connectivity index (χ4n) is 2.44. The van der Waals surface area contributed by atoms with Crippen LogP contribution in [0.15, 0.2) is 0 Å². The van der Waals surface area contributed by atoms with Crippen molar-refractivity contribution in [1.29, 1.82) is 0 Å². The Balaban J connectivity index is 2.46. The fraction of sp³-hybridized carbons (Fsp3) is 0.923. The van der Waals surface area contributed by atoms with E-state index >= 15 is 0 Å². The molecule has 3 nitrogen and oxygen atoms in total. The van der Waals surface area contributed by atoms with Gasteiger partial charge in [0.1, 0.15) is 0 Å². The highest BCUT2D eigenvalue weighted by atomic mass is 16.4. The van der Waals surface area contributed by atoms with E-state index in [9.17, 15) is 4.79 Å². The van der Waals surface area contributed by atoms with Crippen molar-refractivity contribution in [2.45, 2.75) is 58.4 Å². The van der Waals surface area contributed by atoms with Gasteiger partial charge in [-0.2, -0.15) is 0 Å². The lowest BCUT2D eigenvalue weighted by Crippen LogP contribution is -2.44. The number of carboxylic acids is 1. The first-order valence-electron chi connectivity index (χ1n) is 6.36. The number of carboxylic acid groups (broad SMARTS) is 1. The zero-order valence-electron chi connectivity index (χ0n) is 10.8. The zero-order chi connectivity index (χ0) is 12.2. The topological polar surface area (TPSA) is 40.5 Å². The van der Waals surface area contributed by atoms with E-state index in [4.69, 9.17) is 5.11 Å². The van der Waals surface area contributed by atoms with E-state index < -0.39 is 5.97 Å². The van der Waals surface area contributed by atoms with E-state index in [1.807, 2.05) is 0 Å². The van der Waals surface area contributed by atoms with E-state index in [1.54, 1.807) is 0 Å². The van der Waals surface area contributed by atoms with E-state index in [2.05, 4.69) is 25.7 Å². The molecule has 0 saturated heterocycles. The van der Waals surface area contributed by atoms with Crippen LogP contribution in [0.25, 0.3) is 0 Å². The monoisotopic (exact) mass is 227 g/mol. The molecule has 3 heteroatoms. The number of rotatable bonds is 5. The molecule has 1 aliphatic carbocycles. The first kappa shape index (κ1) is 13.5. The molecule has 0 spiro atoms. The molecule has 0 heterocycles. The van der Waals surface area contributed by atoms with Crippen LogP contribution >= 0.6 is 0 Å². The van der Waals surface area contributed by atoms with E-state index in [0.29, 0.717) is 6.54 Å². The fourth-order valence-corrected chi connectivity index (χ4v) is 2.44. The summed E-state index contributed by atoms with van der Waals surface area (Å²) in [7, 11) is 0. The molecule has 0 amide bonds. The number of carbonyl (C=O) groups is 1. The van der Waals surface area contributed by atoms with E-state index in [-0.39, 0.29) is 12.0 Å². The molecule has 0 unspecified atom stereocenters. The highest BCUT2D eigenvalue weighted by Gasteiger charge is 2.26. The first-order valence-corrected chi connectivity index (χ1v) is 6.36. The summed E-state index contributed by atoms with van der Waals surface area (Å²) in [5, 5.41) is 8.76. The third-order valence-electron chi connectivity index (χ3n) is 3.50. The Bertz CT molecular complexity index is 227. The third-order valence-corrected chi connectivity index (χ3v) is 3.50. The minimum Gasteiger partial charge on any atom is -0.481 e. The maximum atomic E-state index is 10.6. The normalized spacial score (nSPS) is 18.2. The SMILES string of the molecule is CC(C)(C)N(CCC(=O)O)CC1CCCC1. The molecule has 1 saturated carbocycles. The molecule has 0 bridgehead atoms. The van der Waals surface area contributed by atoms with Gasteiger partial charge in [-0.3, -0.25) is 9.69 Å². The van der Waals surface area contributed by atoms with Gasteiger partial charge in [0, 0.05) is 18.6 Å². The molecule has 0 aromatic carbocycles. The predicted molar refractivity (Wildman–Crippen MR) is 65.5 cm³/mol. The van der Waals surface area contributed by atoms with Crippen LogP contribution in [0.5, 0.6) is 0 Å². The van der Waals surface area contributed by atoms with Gasteiger partial charge in [0.05, 0.1) is 6.42 Å². The van der Waals surface area contributed by atoms with Crippen molar-refractivity contribution in [2.24, 2.45) is 5.92 Å². The van der Waals surface area contributed by atoms with Crippen LogP contribution in [0, 0.1) is 5.92 Å². The molecule has 0 radical (unpaired) electrons. The molecule has 0 atom stereocenters. The number of hydrogen-bond acceptors (Lipinski definition) is 2. The van der Waals surface area contributed by atoms with Crippen LogP contribution in [-0.4, -0.2) is 34.6 Å². The van der Waals surface area contributed by atoms with Crippen LogP contribution in [0.4, 0.5) is 0 Å². The average Bonchev–Trinajstić information content (AvgIpc) is 2.62. The van der Waals surface area contributed by atoms with Gasteiger partial charge in [-0.25, -0.2) is 0 Å². The van der Waals surface area contributed by atoms with Gasteiger partial charge >= 0.3 is 5.97 Å². The summed E-state index contributed by atoms with van der Waals surface area (Å²) in [5.41, 5.74) is 0.0814. The molecule has 0 aromatic rings. The van der Waals surface area contributed by atoms with Crippen molar-refractivity contribution in [2.75, 3.05) is 13.1 Å². The Labute approximate surface area is 98.8 Å². The molecule has 1 rings (SSSR count). The molecular weight excluding hydrogens is 202 g/mol. The van der Waals surface area contributed by atoms with Crippen molar-refractivity contribution >= 4 is 5.97 Å². The summed E-state index contributed by atoms with van der Waals surface area (Å²) in [5.74, 6) is 0.0914. The summed E-state index contributed by atoms with van der Waals surface area (Å²) < 4.78 is 0. The number of hydrogen-bond donors (Lipinski definition) is 1. The van der Waals surface area contributed by atoms with Crippen molar-refractivity contribution in [3.05, 3.63) is 0 Å². The van der Waals surface area contributed by atoms with Gasteiger partial charge < -0.3 is 5.11 Å². The van der Waals surface area contributed by atoms with Crippen LogP contribution in [0.1, 0.15) is 52.9 Å². The van der Waals surface area contributed by atoms with Gasteiger partial charge in [0.2, 0.25) is 0 Å². The standard InChI is InChI=1S/C13H25NO2/c1-13(2,3)14(9-8-12(15)16)10-11-6-4-5-7-11/h11H,4-10H2,1-3H3,(H,15,16). The van der Waals surface area contributed by atoms with Crippen LogP contribution in [-0.2, 0) is 4.79 Å². The molecule has 0 aromatic heterocycles. The third kappa shape index (κ3) is 4.52. The van der Waals surface area contributed by atoms with Gasteiger partial charge in [0.25, 0.3) is 0 Å². The molecule has 0 aliphatic heterocycles. The van der Waals surface area contributed by atoms with E-state index in [1.165, 1.54) is 25.7 Å². The van der Waals surface area contributed by atoms with Crippen molar-refractivity contribution in [3.8, 4) is 0 Å². The lowest BCUT2D eigenvalue weighted by Gasteiger charge is -2.37. The Hall–Kier alpha value is -0.570. The van der Waals surface area contributed by atoms with Gasteiger partial charge in [-0.05, 0) is 39.5 Å². The van der Waals surface area contributed by atoms with Crippen molar-refractivity contribution in [3.63, 3.8) is 0 Å². The minimum atomic E-state index is -0.694. The summed E-state index contributed by atoms with van der Waals surface area (Å²) in [4.78, 5) is 13.0. The Morgan fingerprint density at radius 1 is 1.31 bits per heavy atom. The smallest absolute Gasteiger partial charge is 0.304 e. The zero-order valence-corrected chi connectivity index (χ0v) is 10.8. The second kappa shape index (κ2) is 5.67. The Kier molecular flexibility index (Phi) is 4.78. The van der Waals surface area contributed by atoms with Crippen molar-refractivity contribution < 1.29 is 9.90 Å². The summed E-state index contributed by atoms with van der Waals surface area (Å²) >= 11 is 0. The highest BCUT2D eigenvalue weighted by Crippen LogP contribution is 2.27. The minimum absolute atomic E-state index is 0.0814. The van der Waals surface area contributed by atoms with Crippen LogP contribution in [0.2, 0.25) is 0 Å². The molecule has 16 heavy (non-hydrogen) atoms. The quantitative estimate of drug-likeness (QED) is 0.785. The molecule has 1 fully saturated rings. The maximum absolute atomic E-state index is 10.6. The average molecular weight is 227 g/mol. The Morgan fingerprint density at radius 2 is 1.88 bits per heavy atom. The number of aliphatic carboxylic acids is 1. The highest BCUT2D eigenvalue weighted by molar-refractivity contribution is 5.66. The van der Waals surface area contributed by atoms with Crippen LogP contribution < -0.4 is 0 Å². The molecule has 1 N–H and O–H groups in total. The van der Waals surface area contributed by atoms with E-state index in [0.717, 1.165) is 12.5 Å². The largest absolute Gasteiger partial charge is 0.481 e. The Morgan fingerprint density at radius 3 is 2.31 bits per heavy atom. The molecular formula is C13H25NO2. The summed E-state index contributed by atoms with van der Waals surface area (Å²) in [6.45, 7) is 8.25. The van der Waals surface area contributed by atoms with Gasteiger partial charge in [-0.15, -0.1) is 0 Å². The van der Waals surface area contributed by atoms with Gasteiger partial charge in [-0.1, -0.05) is 12.8 Å². The molecule has 1 aliphatic rings.